The first-order valence-corrected chi connectivity index (χ1v) is 14.3. The number of nitro groups is 1. The molecule has 9 nitrogen and oxygen atoms in total. The van der Waals surface area contributed by atoms with Crippen LogP contribution < -0.4 is 20.2 Å². The van der Waals surface area contributed by atoms with Crippen LogP contribution in [-0.2, 0) is 4.79 Å². The number of para-hydroxylation sites is 1. The number of anilines is 1. The summed E-state index contributed by atoms with van der Waals surface area (Å²) in [4.78, 5) is 44.1. The maximum Gasteiger partial charge on any atom is 0.271 e. The number of allylic oxidation sites excluding steroid dienone is 1. The van der Waals surface area contributed by atoms with Crippen LogP contribution in [0.25, 0.3) is 17.4 Å². The van der Waals surface area contributed by atoms with Gasteiger partial charge in [-0.2, -0.15) is 0 Å². The first kappa shape index (κ1) is 26.4. The van der Waals surface area contributed by atoms with E-state index in [0.717, 1.165) is 10.4 Å². The molecule has 1 aliphatic rings. The molecule has 0 bridgehead atoms. The molecule has 0 spiro atoms. The van der Waals surface area contributed by atoms with Gasteiger partial charge < -0.3 is 9.73 Å². The molecule has 4 heterocycles. The van der Waals surface area contributed by atoms with Gasteiger partial charge in [0.15, 0.2) is 4.80 Å². The molecule has 204 valence electrons. The third-order valence-corrected chi connectivity index (χ3v) is 8.62. The van der Waals surface area contributed by atoms with Crippen LogP contribution in [0.15, 0.2) is 104 Å². The van der Waals surface area contributed by atoms with Crippen molar-refractivity contribution in [2.24, 2.45) is 4.99 Å². The van der Waals surface area contributed by atoms with E-state index in [2.05, 4.69) is 10.3 Å². The van der Waals surface area contributed by atoms with Gasteiger partial charge in [-0.3, -0.25) is 24.3 Å². The topological polar surface area (TPSA) is 120 Å². The molecular formula is C30H22N4O5S2. The summed E-state index contributed by atoms with van der Waals surface area (Å²) in [5.74, 6) is 0.548. The van der Waals surface area contributed by atoms with E-state index < -0.39 is 11.0 Å². The first-order chi connectivity index (χ1) is 19.8. The molecule has 2 aromatic carbocycles. The van der Waals surface area contributed by atoms with E-state index in [-0.39, 0.29) is 17.2 Å². The molecule has 0 radical (unpaired) electrons. The molecule has 0 saturated carbocycles. The Bertz CT molecular complexity index is 2020. The molecule has 3 aromatic heterocycles. The molecule has 6 rings (SSSR count). The molecule has 0 saturated heterocycles. The number of carbonyl (C=O) groups excluding carboxylic acids is 1. The summed E-state index contributed by atoms with van der Waals surface area (Å²) in [7, 11) is 0. The number of fused-ring (bicyclic) bond motifs is 1. The second-order valence-electron chi connectivity index (χ2n) is 9.38. The number of aromatic nitrogens is 1. The second kappa shape index (κ2) is 10.6. The predicted octanol–water partition coefficient (Wildman–Crippen LogP) is 5.41. The monoisotopic (exact) mass is 582 g/mol. The molecule has 1 unspecified atom stereocenters. The molecule has 1 aliphatic heterocycles. The number of furan rings is 1. The first-order valence-electron chi connectivity index (χ1n) is 12.6. The number of non-ortho nitro benzene ring substituents is 1. The number of nitrogens with zero attached hydrogens (tertiary/aromatic N) is 3. The molecule has 1 amide bonds. The highest BCUT2D eigenvalue weighted by molar-refractivity contribution is 7.10. The number of hydrogen-bond acceptors (Lipinski definition) is 8. The predicted molar refractivity (Wildman–Crippen MR) is 159 cm³/mol. The van der Waals surface area contributed by atoms with Gasteiger partial charge in [0.1, 0.15) is 17.6 Å². The Morgan fingerprint density at radius 1 is 1.10 bits per heavy atom. The van der Waals surface area contributed by atoms with Crippen LogP contribution in [0.5, 0.6) is 0 Å². The number of rotatable bonds is 6. The number of carbonyl (C=O) groups is 1. The summed E-state index contributed by atoms with van der Waals surface area (Å²) in [5, 5.41) is 16.1. The summed E-state index contributed by atoms with van der Waals surface area (Å²) >= 11 is 2.67. The third kappa shape index (κ3) is 4.96. The summed E-state index contributed by atoms with van der Waals surface area (Å²) in [6.07, 6.45) is 1.63. The fourth-order valence-corrected chi connectivity index (χ4v) is 6.59. The van der Waals surface area contributed by atoms with Gasteiger partial charge in [-0.25, -0.2) is 4.99 Å². The van der Waals surface area contributed by atoms with Gasteiger partial charge in [-0.15, -0.1) is 11.3 Å². The number of thiazole rings is 1. The highest BCUT2D eigenvalue weighted by atomic mass is 32.1. The molecule has 11 heteroatoms. The van der Waals surface area contributed by atoms with E-state index in [1.165, 1.54) is 34.8 Å². The van der Waals surface area contributed by atoms with Crippen molar-refractivity contribution in [2.75, 3.05) is 5.32 Å². The number of aryl methyl sites for hydroxylation is 1. The minimum Gasteiger partial charge on any atom is -0.457 e. The highest BCUT2D eigenvalue weighted by Crippen LogP contribution is 2.33. The van der Waals surface area contributed by atoms with E-state index in [4.69, 9.17) is 4.42 Å². The van der Waals surface area contributed by atoms with Crippen molar-refractivity contribution in [3.05, 3.63) is 135 Å². The maximum absolute atomic E-state index is 13.8. The van der Waals surface area contributed by atoms with Gasteiger partial charge in [0.05, 0.1) is 20.7 Å². The normalized spacial score (nSPS) is 15.0. The fourth-order valence-electron chi connectivity index (χ4n) is 4.74. The van der Waals surface area contributed by atoms with E-state index in [1.807, 2.05) is 42.6 Å². The lowest BCUT2D eigenvalue weighted by molar-refractivity contribution is -0.384. The van der Waals surface area contributed by atoms with Crippen LogP contribution in [0.4, 0.5) is 11.4 Å². The zero-order valence-corrected chi connectivity index (χ0v) is 23.5. The summed E-state index contributed by atoms with van der Waals surface area (Å²) in [6, 6.07) is 20.3. The number of amides is 1. The number of nitrogens with one attached hydrogen (secondary N) is 1. The number of benzene rings is 2. The second-order valence-corrected chi connectivity index (χ2v) is 11.4. The van der Waals surface area contributed by atoms with Crippen LogP contribution in [0.1, 0.15) is 29.2 Å². The van der Waals surface area contributed by atoms with Crippen molar-refractivity contribution in [1.82, 2.24) is 4.57 Å². The lowest BCUT2D eigenvalue weighted by Crippen LogP contribution is -2.40. The van der Waals surface area contributed by atoms with Gasteiger partial charge in [-0.05, 0) is 55.1 Å². The molecule has 1 N–H and O–H groups in total. The van der Waals surface area contributed by atoms with Gasteiger partial charge in [-0.1, -0.05) is 41.7 Å². The summed E-state index contributed by atoms with van der Waals surface area (Å²) in [6.45, 7) is 3.62. The average Bonchev–Trinajstić information content (AvgIpc) is 3.71. The quantitative estimate of drug-likeness (QED) is 0.212. The van der Waals surface area contributed by atoms with Crippen LogP contribution in [0, 0.1) is 17.0 Å². The van der Waals surface area contributed by atoms with E-state index in [9.17, 15) is 19.7 Å². The number of hydrogen-bond donors (Lipinski definition) is 1. The van der Waals surface area contributed by atoms with Crippen molar-refractivity contribution in [3.63, 3.8) is 0 Å². The standard InChI is InChI=1S/C30H22N4O5S2/c1-17-10-11-20(34(37)38)15-22(17)23-13-12-21(39-23)16-25-29(36)33-27(24-9-6-14-40-24)26(18(2)31-30(33)41-25)28(35)32-19-7-4-3-5-8-19/h3-16,27H,1-2H3,(H,32,35)/b25-16-. The van der Waals surface area contributed by atoms with Crippen LogP contribution in [0.2, 0.25) is 0 Å². The van der Waals surface area contributed by atoms with E-state index in [1.54, 1.807) is 47.9 Å². The Balaban J connectivity index is 1.42. The van der Waals surface area contributed by atoms with Crippen LogP contribution in [0.3, 0.4) is 0 Å². The van der Waals surface area contributed by atoms with Crippen molar-refractivity contribution in [1.29, 1.82) is 0 Å². The Hall–Kier alpha value is -4.87. The largest absolute Gasteiger partial charge is 0.457 e. The minimum atomic E-state index is -0.642. The Kier molecular flexibility index (Phi) is 6.82. The van der Waals surface area contributed by atoms with Crippen molar-refractivity contribution in [2.45, 2.75) is 19.9 Å². The minimum absolute atomic E-state index is 0.0343. The lowest BCUT2D eigenvalue weighted by Gasteiger charge is -2.24. The molecule has 0 fully saturated rings. The number of thiophene rings is 1. The zero-order chi connectivity index (χ0) is 28.7. The molecule has 1 atom stereocenters. The fraction of sp³-hybridized carbons (Fsp3) is 0.100. The lowest BCUT2D eigenvalue weighted by atomic mass is 10.0. The van der Waals surface area contributed by atoms with Crippen LogP contribution in [-0.4, -0.2) is 15.4 Å². The zero-order valence-electron chi connectivity index (χ0n) is 21.9. The van der Waals surface area contributed by atoms with Crippen molar-refractivity contribution >= 4 is 46.0 Å². The molecule has 5 aromatic rings. The van der Waals surface area contributed by atoms with E-state index in [0.29, 0.717) is 43.4 Å². The Morgan fingerprint density at radius 3 is 2.63 bits per heavy atom. The van der Waals surface area contributed by atoms with E-state index >= 15 is 0 Å². The Labute approximate surface area is 241 Å². The van der Waals surface area contributed by atoms with Crippen molar-refractivity contribution < 1.29 is 14.1 Å². The Morgan fingerprint density at radius 2 is 1.90 bits per heavy atom. The third-order valence-electron chi connectivity index (χ3n) is 6.71. The molecule has 0 aliphatic carbocycles. The van der Waals surface area contributed by atoms with Crippen LogP contribution >= 0.6 is 22.7 Å². The summed E-state index contributed by atoms with van der Waals surface area (Å²) < 4.78 is 7.95. The highest BCUT2D eigenvalue weighted by Gasteiger charge is 2.33. The molecular weight excluding hydrogens is 560 g/mol. The SMILES string of the molecule is CC1=C(C(=O)Nc2ccccc2)C(c2cccs2)n2c(s/c(=C\c3ccc(-c4cc([N+](=O)[O-])ccc4C)o3)c2=O)=N1. The van der Waals surface area contributed by atoms with Gasteiger partial charge in [0.2, 0.25) is 0 Å². The molecule has 41 heavy (non-hydrogen) atoms. The smallest absolute Gasteiger partial charge is 0.271 e. The van der Waals surface area contributed by atoms with Gasteiger partial charge in [0.25, 0.3) is 17.2 Å². The number of nitro benzene ring substituents is 1. The van der Waals surface area contributed by atoms with Crippen molar-refractivity contribution in [3.8, 4) is 11.3 Å². The van der Waals surface area contributed by atoms with Gasteiger partial charge >= 0.3 is 0 Å². The summed E-state index contributed by atoms with van der Waals surface area (Å²) in [5.41, 5.74) is 2.67. The van der Waals surface area contributed by atoms with Gasteiger partial charge in [0, 0.05) is 34.3 Å². The average molecular weight is 583 g/mol. The maximum atomic E-state index is 13.8.